The molecule has 0 aliphatic carbocycles. The zero-order chi connectivity index (χ0) is 13.9. The number of carbonyl (C=O) groups excluding carboxylic acids is 1. The Morgan fingerprint density at radius 3 is 2.58 bits per heavy atom. The number of aromatic nitrogens is 3. The summed E-state index contributed by atoms with van der Waals surface area (Å²) in [4.78, 5) is 18.3. The molecule has 0 aromatic carbocycles. The van der Waals surface area contributed by atoms with E-state index in [9.17, 15) is 18.0 Å². The second kappa shape index (κ2) is 5.17. The molecule has 0 aliphatic rings. The van der Waals surface area contributed by atoms with Crippen molar-refractivity contribution in [3.63, 3.8) is 0 Å². The van der Waals surface area contributed by atoms with Crippen LogP contribution in [-0.4, -0.2) is 27.1 Å². The van der Waals surface area contributed by atoms with Gasteiger partial charge in [0.2, 0.25) is 11.7 Å². The molecule has 0 fully saturated rings. The predicted octanol–water partition coefficient (Wildman–Crippen LogP) is 1.73. The van der Waals surface area contributed by atoms with Gasteiger partial charge in [-0.15, -0.1) is 0 Å². The fraction of sp³-hybridized carbons (Fsp3) is 0.273. The largest absolute Gasteiger partial charge is 0.450 e. The van der Waals surface area contributed by atoms with Crippen molar-refractivity contribution in [1.29, 1.82) is 0 Å². The maximum atomic E-state index is 12.0. The van der Waals surface area contributed by atoms with E-state index in [1.54, 1.807) is 24.5 Å². The monoisotopic (exact) mass is 271 g/mol. The van der Waals surface area contributed by atoms with Crippen LogP contribution in [0.1, 0.15) is 17.3 Å². The molecule has 2 rings (SSSR count). The molecule has 0 aliphatic heterocycles. The number of halogens is 3. The number of pyridine rings is 1. The average Bonchev–Trinajstić information content (AvgIpc) is 2.76. The van der Waals surface area contributed by atoms with E-state index in [0.717, 1.165) is 5.56 Å². The van der Waals surface area contributed by atoms with Gasteiger partial charge in [-0.1, -0.05) is 5.16 Å². The Bertz CT molecular complexity index is 566. The van der Waals surface area contributed by atoms with Gasteiger partial charge in [0.05, 0.1) is 6.42 Å². The van der Waals surface area contributed by atoms with Gasteiger partial charge in [-0.25, -0.2) is 0 Å². The molecule has 0 unspecified atom stereocenters. The topological polar surface area (TPSA) is 68.9 Å². The van der Waals surface area contributed by atoms with Crippen LogP contribution in [0.2, 0.25) is 0 Å². The Hall–Kier alpha value is -2.25. The van der Waals surface area contributed by atoms with Crippen molar-refractivity contribution >= 4 is 5.78 Å². The van der Waals surface area contributed by atoms with Gasteiger partial charge < -0.3 is 4.52 Å². The fourth-order valence-corrected chi connectivity index (χ4v) is 1.35. The molecule has 19 heavy (non-hydrogen) atoms. The Balaban J connectivity index is 2.02. The molecule has 0 atom stereocenters. The number of nitrogens with zero attached hydrogens (tertiary/aromatic N) is 3. The molecule has 8 heteroatoms. The van der Waals surface area contributed by atoms with E-state index >= 15 is 0 Å². The van der Waals surface area contributed by atoms with E-state index < -0.39 is 18.4 Å². The maximum absolute atomic E-state index is 12.0. The zero-order valence-corrected chi connectivity index (χ0v) is 9.52. The Kier molecular flexibility index (Phi) is 3.59. The Morgan fingerprint density at radius 1 is 1.26 bits per heavy atom. The highest BCUT2D eigenvalue weighted by Gasteiger charge is 2.39. The van der Waals surface area contributed by atoms with Crippen molar-refractivity contribution < 1.29 is 22.5 Å². The zero-order valence-electron chi connectivity index (χ0n) is 9.52. The Morgan fingerprint density at radius 2 is 1.95 bits per heavy atom. The molecule has 100 valence electrons. The number of rotatable bonds is 4. The summed E-state index contributed by atoms with van der Waals surface area (Å²) in [5.74, 6) is -2.03. The lowest BCUT2D eigenvalue weighted by Gasteiger charge is -2.00. The fourth-order valence-electron chi connectivity index (χ4n) is 1.35. The van der Waals surface area contributed by atoms with Gasteiger partial charge in [-0.3, -0.25) is 9.78 Å². The highest BCUT2D eigenvalue weighted by atomic mass is 19.4. The van der Waals surface area contributed by atoms with Crippen molar-refractivity contribution in [2.24, 2.45) is 0 Å². The SMILES string of the molecule is O=C(Cc1nc(Cc2ccncc2)no1)C(F)(F)F. The minimum Gasteiger partial charge on any atom is -0.339 e. The third kappa shape index (κ3) is 3.60. The predicted molar refractivity (Wildman–Crippen MR) is 56.1 cm³/mol. The first-order valence-corrected chi connectivity index (χ1v) is 5.25. The molecular formula is C11H8F3N3O2. The van der Waals surface area contributed by atoms with Crippen molar-refractivity contribution in [3.8, 4) is 0 Å². The van der Waals surface area contributed by atoms with Crippen LogP contribution in [0.25, 0.3) is 0 Å². The summed E-state index contributed by atoms with van der Waals surface area (Å²) in [7, 11) is 0. The summed E-state index contributed by atoms with van der Waals surface area (Å²) >= 11 is 0. The molecule has 0 amide bonds. The number of carbonyl (C=O) groups is 1. The van der Waals surface area contributed by atoms with Gasteiger partial charge in [0.1, 0.15) is 0 Å². The minimum absolute atomic E-state index is 0.219. The summed E-state index contributed by atoms with van der Waals surface area (Å²) in [5, 5.41) is 3.52. The van der Waals surface area contributed by atoms with Crippen LogP contribution < -0.4 is 0 Å². The second-order valence-electron chi connectivity index (χ2n) is 3.73. The van der Waals surface area contributed by atoms with Crippen LogP contribution in [0.5, 0.6) is 0 Å². The molecular weight excluding hydrogens is 263 g/mol. The lowest BCUT2D eigenvalue weighted by Crippen LogP contribution is -2.24. The number of Topliss-reactive ketones (excluding diaryl/α,β-unsaturated/α-hetero) is 1. The third-order valence-corrected chi connectivity index (χ3v) is 2.25. The van der Waals surface area contributed by atoms with Gasteiger partial charge in [-0.05, 0) is 17.7 Å². The number of hydrogen-bond donors (Lipinski definition) is 0. The first-order valence-electron chi connectivity index (χ1n) is 5.25. The van der Waals surface area contributed by atoms with Gasteiger partial charge in [0.25, 0.3) is 0 Å². The van der Waals surface area contributed by atoms with Gasteiger partial charge in [0.15, 0.2) is 5.82 Å². The van der Waals surface area contributed by atoms with Gasteiger partial charge >= 0.3 is 6.18 Å². The molecule has 0 saturated heterocycles. The summed E-state index contributed by atoms with van der Waals surface area (Å²) in [5.41, 5.74) is 0.837. The van der Waals surface area contributed by atoms with E-state index in [2.05, 4.69) is 19.6 Å². The lowest BCUT2D eigenvalue weighted by molar-refractivity contribution is -0.170. The maximum Gasteiger partial charge on any atom is 0.450 e. The number of alkyl halides is 3. The minimum atomic E-state index is -4.89. The number of ketones is 1. The molecule has 5 nitrogen and oxygen atoms in total. The summed E-state index contributed by atoms with van der Waals surface area (Å²) in [6.07, 6.45) is -2.38. The highest BCUT2D eigenvalue weighted by molar-refractivity contribution is 5.85. The molecule has 0 spiro atoms. The van der Waals surface area contributed by atoms with Crippen LogP contribution in [-0.2, 0) is 17.6 Å². The van der Waals surface area contributed by atoms with Gasteiger partial charge in [0, 0.05) is 18.8 Å². The van der Waals surface area contributed by atoms with Crippen molar-refractivity contribution in [2.75, 3.05) is 0 Å². The normalized spacial score (nSPS) is 11.5. The molecule has 0 radical (unpaired) electrons. The van der Waals surface area contributed by atoms with Crippen LogP contribution in [0.4, 0.5) is 13.2 Å². The number of hydrogen-bond acceptors (Lipinski definition) is 5. The molecule has 2 heterocycles. The smallest absolute Gasteiger partial charge is 0.339 e. The molecule has 2 aromatic heterocycles. The molecule has 0 bridgehead atoms. The highest BCUT2D eigenvalue weighted by Crippen LogP contribution is 2.18. The van der Waals surface area contributed by atoms with Crippen molar-refractivity contribution in [2.45, 2.75) is 19.0 Å². The first-order chi connectivity index (χ1) is 8.95. The van der Waals surface area contributed by atoms with Gasteiger partial charge in [-0.2, -0.15) is 18.2 Å². The average molecular weight is 271 g/mol. The van der Waals surface area contributed by atoms with Crippen LogP contribution in [0, 0.1) is 0 Å². The van der Waals surface area contributed by atoms with E-state index in [4.69, 9.17) is 0 Å². The van der Waals surface area contributed by atoms with E-state index in [1.807, 2.05) is 0 Å². The standard InChI is InChI=1S/C11H8F3N3O2/c12-11(13,14)8(18)6-10-16-9(17-19-10)5-7-1-3-15-4-2-7/h1-4H,5-6H2. The Labute approximate surface area is 105 Å². The van der Waals surface area contributed by atoms with E-state index in [1.165, 1.54) is 0 Å². The summed E-state index contributed by atoms with van der Waals surface area (Å²) < 4.78 is 40.7. The van der Waals surface area contributed by atoms with Crippen LogP contribution >= 0.6 is 0 Å². The molecule has 0 N–H and O–H groups in total. The van der Waals surface area contributed by atoms with Crippen molar-refractivity contribution in [1.82, 2.24) is 15.1 Å². The van der Waals surface area contributed by atoms with Crippen LogP contribution in [0.3, 0.4) is 0 Å². The quantitative estimate of drug-likeness (QED) is 0.847. The van der Waals surface area contributed by atoms with Crippen LogP contribution in [0.15, 0.2) is 29.0 Å². The first kappa shape index (κ1) is 13.2. The summed E-state index contributed by atoms with van der Waals surface area (Å²) in [6, 6.07) is 3.44. The van der Waals surface area contributed by atoms with E-state index in [-0.39, 0.29) is 11.7 Å². The summed E-state index contributed by atoms with van der Waals surface area (Å²) in [6.45, 7) is 0. The second-order valence-corrected chi connectivity index (χ2v) is 3.73. The van der Waals surface area contributed by atoms with E-state index in [0.29, 0.717) is 6.42 Å². The third-order valence-electron chi connectivity index (χ3n) is 2.25. The molecule has 2 aromatic rings. The molecule has 0 saturated carbocycles. The lowest BCUT2D eigenvalue weighted by atomic mass is 10.2. The van der Waals surface area contributed by atoms with Crippen molar-refractivity contribution in [3.05, 3.63) is 41.8 Å².